The number of aliphatic imine (C=N–C) groups is 1. The lowest BCUT2D eigenvalue weighted by molar-refractivity contribution is 0.0420. The molecule has 2 aliphatic rings. The average Bonchev–Trinajstić information content (AvgIpc) is 3.44. The summed E-state index contributed by atoms with van der Waals surface area (Å²) in [5.41, 5.74) is 1.90. The van der Waals surface area contributed by atoms with Gasteiger partial charge in [0.2, 0.25) is 0 Å². The number of guanidine groups is 1. The molecular formula is C21H34IN5O3. The van der Waals surface area contributed by atoms with Crippen LogP contribution in [0.25, 0.3) is 0 Å². The van der Waals surface area contributed by atoms with Crippen LogP contribution in [-0.4, -0.2) is 69.5 Å². The highest BCUT2D eigenvalue weighted by Gasteiger charge is 2.18. The predicted molar refractivity (Wildman–Crippen MR) is 130 cm³/mol. The number of anilines is 1. The first-order valence-corrected chi connectivity index (χ1v) is 10.5. The minimum Gasteiger partial charge on any atom is -0.379 e. The zero-order chi connectivity index (χ0) is 20.3. The van der Waals surface area contributed by atoms with Gasteiger partial charge in [0, 0.05) is 52.1 Å². The quantitative estimate of drug-likeness (QED) is 0.208. The van der Waals surface area contributed by atoms with Crippen LogP contribution in [0.4, 0.5) is 10.5 Å². The first kappa shape index (κ1) is 24.7. The number of amides is 2. The maximum atomic E-state index is 12.2. The van der Waals surface area contributed by atoms with Gasteiger partial charge in [0.25, 0.3) is 0 Å². The molecule has 2 amide bonds. The summed E-state index contributed by atoms with van der Waals surface area (Å²) in [5, 5.41) is 9.60. The third kappa shape index (κ3) is 8.27. The SMILES string of the molecule is CN=C(NCCCOC1CCOC1)NCc1cccc(NC(=O)N2CCCC2)c1.I. The average molecular weight is 531 g/mol. The first-order chi connectivity index (χ1) is 14.2. The number of hydrogen-bond acceptors (Lipinski definition) is 4. The molecule has 2 heterocycles. The topological polar surface area (TPSA) is 87.2 Å². The molecule has 2 saturated heterocycles. The summed E-state index contributed by atoms with van der Waals surface area (Å²) in [7, 11) is 1.76. The van der Waals surface area contributed by atoms with Crippen LogP contribution in [0.3, 0.4) is 0 Å². The molecule has 0 radical (unpaired) electrons. The Balaban J connectivity index is 0.00000320. The molecule has 3 N–H and O–H groups in total. The second kappa shape index (κ2) is 13.7. The Morgan fingerprint density at radius 1 is 1.30 bits per heavy atom. The van der Waals surface area contributed by atoms with Crippen molar-refractivity contribution in [3.8, 4) is 0 Å². The fraction of sp³-hybridized carbons (Fsp3) is 0.619. The van der Waals surface area contributed by atoms with Crippen molar-refractivity contribution in [3.63, 3.8) is 0 Å². The van der Waals surface area contributed by atoms with E-state index in [0.29, 0.717) is 13.2 Å². The fourth-order valence-corrected chi connectivity index (χ4v) is 3.46. The summed E-state index contributed by atoms with van der Waals surface area (Å²) in [6.45, 7) is 5.35. The van der Waals surface area contributed by atoms with Crippen LogP contribution in [-0.2, 0) is 16.0 Å². The summed E-state index contributed by atoms with van der Waals surface area (Å²) in [5.74, 6) is 0.751. The molecule has 2 aliphatic heterocycles. The summed E-state index contributed by atoms with van der Waals surface area (Å²) < 4.78 is 11.1. The molecule has 0 bridgehead atoms. The van der Waals surface area contributed by atoms with Gasteiger partial charge in [-0.15, -0.1) is 24.0 Å². The molecule has 8 nitrogen and oxygen atoms in total. The molecule has 30 heavy (non-hydrogen) atoms. The molecule has 1 atom stereocenters. The Bertz CT molecular complexity index is 676. The largest absolute Gasteiger partial charge is 0.379 e. The van der Waals surface area contributed by atoms with Crippen molar-refractivity contribution in [2.75, 3.05) is 51.8 Å². The molecule has 3 rings (SSSR count). The normalized spacial score (nSPS) is 18.8. The summed E-state index contributed by atoms with van der Waals surface area (Å²) >= 11 is 0. The lowest BCUT2D eigenvalue weighted by atomic mass is 10.2. The maximum absolute atomic E-state index is 12.2. The highest BCUT2D eigenvalue weighted by molar-refractivity contribution is 14.0. The number of carbonyl (C=O) groups excluding carboxylic acids is 1. The van der Waals surface area contributed by atoms with Crippen molar-refractivity contribution in [2.24, 2.45) is 4.99 Å². The molecule has 0 aromatic heterocycles. The molecule has 2 fully saturated rings. The van der Waals surface area contributed by atoms with E-state index in [1.165, 1.54) is 0 Å². The van der Waals surface area contributed by atoms with Gasteiger partial charge < -0.3 is 30.3 Å². The maximum Gasteiger partial charge on any atom is 0.321 e. The van der Waals surface area contributed by atoms with Gasteiger partial charge in [-0.25, -0.2) is 4.79 Å². The van der Waals surface area contributed by atoms with Crippen molar-refractivity contribution in [1.82, 2.24) is 15.5 Å². The van der Waals surface area contributed by atoms with E-state index in [-0.39, 0.29) is 36.1 Å². The number of likely N-dealkylation sites (tertiary alicyclic amines) is 1. The monoisotopic (exact) mass is 531 g/mol. The van der Waals surface area contributed by atoms with Crippen molar-refractivity contribution < 1.29 is 14.3 Å². The van der Waals surface area contributed by atoms with E-state index in [1.54, 1.807) is 7.05 Å². The number of carbonyl (C=O) groups is 1. The lowest BCUT2D eigenvalue weighted by Crippen LogP contribution is -2.37. The van der Waals surface area contributed by atoms with Crippen LogP contribution >= 0.6 is 24.0 Å². The van der Waals surface area contributed by atoms with E-state index < -0.39 is 0 Å². The Morgan fingerprint density at radius 3 is 2.87 bits per heavy atom. The zero-order valence-corrected chi connectivity index (χ0v) is 20.0. The van der Waals surface area contributed by atoms with Gasteiger partial charge >= 0.3 is 6.03 Å². The molecule has 0 aliphatic carbocycles. The molecule has 0 saturated carbocycles. The van der Waals surface area contributed by atoms with Gasteiger partial charge in [-0.1, -0.05) is 12.1 Å². The second-order valence-electron chi connectivity index (χ2n) is 7.39. The zero-order valence-electron chi connectivity index (χ0n) is 17.7. The smallest absolute Gasteiger partial charge is 0.321 e. The molecule has 1 aromatic rings. The van der Waals surface area contributed by atoms with Crippen LogP contribution in [0.15, 0.2) is 29.3 Å². The molecule has 168 valence electrons. The van der Waals surface area contributed by atoms with Gasteiger partial charge in [0.15, 0.2) is 5.96 Å². The van der Waals surface area contributed by atoms with Crippen molar-refractivity contribution in [2.45, 2.75) is 38.3 Å². The van der Waals surface area contributed by atoms with E-state index in [2.05, 4.69) is 20.9 Å². The van der Waals surface area contributed by atoms with E-state index >= 15 is 0 Å². The van der Waals surface area contributed by atoms with Crippen molar-refractivity contribution in [1.29, 1.82) is 0 Å². The summed E-state index contributed by atoms with van der Waals surface area (Å²) in [6.07, 6.45) is 4.34. The van der Waals surface area contributed by atoms with Crippen molar-refractivity contribution in [3.05, 3.63) is 29.8 Å². The number of hydrogen-bond donors (Lipinski definition) is 3. The third-order valence-corrected chi connectivity index (χ3v) is 5.11. The highest BCUT2D eigenvalue weighted by atomic mass is 127. The van der Waals surface area contributed by atoms with Crippen LogP contribution in [0.2, 0.25) is 0 Å². The molecule has 1 unspecified atom stereocenters. The fourth-order valence-electron chi connectivity index (χ4n) is 3.46. The Morgan fingerprint density at radius 2 is 2.13 bits per heavy atom. The highest BCUT2D eigenvalue weighted by Crippen LogP contribution is 2.14. The molecule has 0 spiro atoms. The van der Waals surface area contributed by atoms with Crippen LogP contribution in [0.1, 0.15) is 31.2 Å². The minimum absolute atomic E-state index is 0. The summed E-state index contributed by atoms with van der Waals surface area (Å²) in [6, 6.07) is 7.88. The Labute approximate surface area is 196 Å². The number of halogens is 1. The first-order valence-electron chi connectivity index (χ1n) is 10.5. The number of ether oxygens (including phenoxy) is 2. The van der Waals surface area contributed by atoms with E-state index in [4.69, 9.17) is 9.47 Å². The third-order valence-electron chi connectivity index (χ3n) is 5.11. The molecular weight excluding hydrogens is 497 g/mol. The summed E-state index contributed by atoms with van der Waals surface area (Å²) in [4.78, 5) is 18.4. The lowest BCUT2D eigenvalue weighted by Gasteiger charge is -2.17. The van der Waals surface area contributed by atoms with Crippen LogP contribution in [0, 0.1) is 0 Å². The number of urea groups is 1. The van der Waals surface area contributed by atoms with Gasteiger partial charge in [-0.2, -0.15) is 0 Å². The van der Waals surface area contributed by atoms with Crippen LogP contribution in [0.5, 0.6) is 0 Å². The number of benzene rings is 1. The standard InChI is InChI=1S/C21H33N5O3.HI/c1-22-20(23-9-5-12-29-19-8-13-28-16-19)24-15-17-6-4-7-18(14-17)25-21(27)26-10-2-3-11-26;/h4,6-7,14,19H,2-3,5,8-13,15-16H2,1H3,(H,25,27)(H2,22,23,24);1H. The number of nitrogens with one attached hydrogen (secondary N) is 3. The number of rotatable bonds is 8. The van der Waals surface area contributed by atoms with E-state index in [0.717, 1.165) is 75.7 Å². The Hall–Kier alpha value is -1.59. The van der Waals surface area contributed by atoms with E-state index in [1.807, 2.05) is 29.2 Å². The van der Waals surface area contributed by atoms with Gasteiger partial charge in [-0.05, 0) is 43.4 Å². The minimum atomic E-state index is -0.0172. The second-order valence-corrected chi connectivity index (χ2v) is 7.39. The Kier molecular flexibility index (Phi) is 11.2. The van der Waals surface area contributed by atoms with E-state index in [9.17, 15) is 4.79 Å². The van der Waals surface area contributed by atoms with Crippen LogP contribution < -0.4 is 16.0 Å². The number of nitrogens with zero attached hydrogens (tertiary/aromatic N) is 2. The van der Waals surface area contributed by atoms with Gasteiger partial charge in [0.1, 0.15) is 0 Å². The van der Waals surface area contributed by atoms with Gasteiger partial charge in [-0.3, -0.25) is 4.99 Å². The van der Waals surface area contributed by atoms with Crippen molar-refractivity contribution >= 4 is 41.7 Å². The molecule has 1 aromatic carbocycles. The predicted octanol–water partition coefficient (Wildman–Crippen LogP) is 2.79. The van der Waals surface area contributed by atoms with Gasteiger partial charge in [0.05, 0.1) is 12.7 Å². The molecule has 9 heteroatoms.